The van der Waals surface area contributed by atoms with Gasteiger partial charge >= 0.3 is 11.9 Å². The summed E-state index contributed by atoms with van der Waals surface area (Å²) < 4.78 is 22.6. The first-order valence-electron chi connectivity index (χ1n) is 11.5. The van der Waals surface area contributed by atoms with E-state index < -0.39 is 17.8 Å². The highest BCUT2D eigenvalue weighted by atomic mass is 32.2. The summed E-state index contributed by atoms with van der Waals surface area (Å²) in [6, 6.07) is 10.0. The molecular weight excluding hydrogens is 440 g/mol. The van der Waals surface area contributed by atoms with Crippen molar-refractivity contribution in [2.45, 2.75) is 90.1 Å². The third-order valence-corrected chi connectivity index (χ3v) is 5.87. The Kier molecular flexibility index (Phi) is 13.4. The first kappa shape index (κ1) is 29.2. The Morgan fingerprint density at radius 3 is 2.30 bits per heavy atom. The van der Waals surface area contributed by atoms with E-state index in [0.717, 1.165) is 9.80 Å². The Hall–Kier alpha value is -1.83. The van der Waals surface area contributed by atoms with Crippen LogP contribution in [0.15, 0.2) is 46.7 Å². The van der Waals surface area contributed by atoms with Gasteiger partial charge in [-0.3, -0.25) is 9.59 Å². The highest BCUT2D eigenvalue weighted by Crippen LogP contribution is 2.30. The molecule has 0 radical (unpaired) electrons. The van der Waals surface area contributed by atoms with E-state index in [1.54, 1.807) is 18.9 Å². The fourth-order valence-electron chi connectivity index (χ4n) is 3.06. The maximum absolute atomic E-state index is 11.9. The topological polar surface area (TPSA) is 71.1 Å². The molecule has 1 unspecified atom stereocenters. The van der Waals surface area contributed by atoms with Crippen molar-refractivity contribution in [3.63, 3.8) is 0 Å². The number of carbonyl (C=O) groups excluding carboxylic acids is 2. The van der Waals surface area contributed by atoms with Crippen molar-refractivity contribution in [1.82, 2.24) is 0 Å². The van der Waals surface area contributed by atoms with Crippen molar-refractivity contribution in [2.24, 2.45) is 5.41 Å². The predicted molar refractivity (Wildman–Crippen MR) is 132 cm³/mol. The molecule has 0 spiro atoms. The Bertz CT molecular complexity index is 728. The fraction of sp³-hybridized carbons (Fsp3) is 0.615. The van der Waals surface area contributed by atoms with Crippen LogP contribution in [-0.4, -0.2) is 44.2 Å². The van der Waals surface area contributed by atoms with E-state index in [0.29, 0.717) is 38.7 Å². The maximum Gasteiger partial charge on any atom is 0.311 e. The van der Waals surface area contributed by atoms with Crippen molar-refractivity contribution in [1.29, 1.82) is 0 Å². The van der Waals surface area contributed by atoms with Crippen LogP contribution >= 0.6 is 11.8 Å². The van der Waals surface area contributed by atoms with Gasteiger partial charge in [-0.2, -0.15) is 0 Å². The van der Waals surface area contributed by atoms with E-state index >= 15 is 0 Å². The number of thioether (sulfide) groups is 1. The highest BCUT2D eigenvalue weighted by molar-refractivity contribution is 8.03. The van der Waals surface area contributed by atoms with Gasteiger partial charge in [0, 0.05) is 25.3 Å². The number of esters is 2. The van der Waals surface area contributed by atoms with Gasteiger partial charge in [-0.15, -0.1) is 0 Å². The molecular formula is C26H40O6S. The predicted octanol–water partition coefficient (Wildman–Crippen LogP) is 6.14. The molecule has 0 fully saturated rings. The van der Waals surface area contributed by atoms with E-state index in [2.05, 4.69) is 6.58 Å². The number of hydrogen-bond acceptors (Lipinski definition) is 7. The lowest BCUT2D eigenvalue weighted by molar-refractivity contribution is -0.196. The summed E-state index contributed by atoms with van der Waals surface area (Å²) in [5, 5.41) is 0. The molecule has 0 aliphatic rings. The lowest BCUT2D eigenvalue weighted by atomic mass is 9.97. The molecule has 0 aliphatic heterocycles. The minimum Gasteiger partial charge on any atom is -0.465 e. The zero-order chi connectivity index (χ0) is 24.9. The van der Waals surface area contributed by atoms with E-state index in [4.69, 9.17) is 18.9 Å². The van der Waals surface area contributed by atoms with Crippen molar-refractivity contribution in [3.05, 3.63) is 41.8 Å². The van der Waals surface area contributed by atoms with E-state index in [1.165, 1.54) is 6.92 Å². The molecule has 7 heteroatoms. The summed E-state index contributed by atoms with van der Waals surface area (Å²) in [6.45, 7) is 13.3. The average molecular weight is 481 g/mol. The molecule has 0 N–H and O–H groups in total. The average Bonchev–Trinajstić information content (AvgIpc) is 2.76. The second-order valence-corrected chi connectivity index (χ2v) is 10.2. The van der Waals surface area contributed by atoms with Gasteiger partial charge < -0.3 is 18.9 Å². The maximum atomic E-state index is 11.9. The fourth-order valence-corrected chi connectivity index (χ4v) is 3.90. The van der Waals surface area contributed by atoms with Crippen molar-refractivity contribution >= 4 is 23.7 Å². The normalized spacial score (nSPS) is 14.2. The van der Waals surface area contributed by atoms with Gasteiger partial charge in [0.05, 0.1) is 18.1 Å². The molecule has 1 rings (SSSR count). The minimum absolute atomic E-state index is 0.229. The van der Waals surface area contributed by atoms with Crippen LogP contribution in [0.4, 0.5) is 0 Å². The molecule has 0 aromatic heterocycles. The Morgan fingerprint density at radius 1 is 1.09 bits per heavy atom. The lowest BCUT2D eigenvalue weighted by Gasteiger charge is -2.29. The van der Waals surface area contributed by atoms with Gasteiger partial charge in [-0.05, 0) is 63.5 Å². The van der Waals surface area contributed by atoms with Crippen LogP contribution in [0.2, 0.25) is 0 Å². The molecule has 6 nitrogen and oxygen atoms in total. The molecule has 1 aromatic carbocycles. The Morgan fingerprint density at radius 2 is 1.76 bits per heavy atom. The van der Waals surface area contributed by atoms with Crippen LogP contribution in [0.25, 0.3) is 0 Å². The molecule has 0 aliphatic carbocycles. The van der Waals surface area contributed by atoms with Crippen molar-refractivity contribution < 1.29 is 28.5 Å². The van der Waals surface area contributed by atoms with Gasteiger partial charge in [0.1, 0.15) is 6.10 Å². The number of methoxy groups -OCH3 is 1. The Labute approximate surface area is 203 Å². The van der Waals surface area contributed by atoms with Crippen LogP contribution in [0.1, 0.15) is 66.7 Å². The monoisotopic (exact) mass is 480 g/mol. The summed E-state index contributed by atoms with van der Waals surface area (Å²) in [6.07, 6.45) is 1.93. The second-order valence-electron chi connectivity index (χ2n) is 8.92. The Balaban J connectivity index is 2.61. The third-order valence-electron chi connectivity index (χ3n) is 4.87. The first-order chi connectivity index (χ1) is 15.6. The summed E-state index contributed by atoms with van der Waals surface area (Å²) in [4.78, 5) is 25.8. The van der Waals surface area contributed by atoms with Gasteiger partial charge in [0.15, 0.2) is 6.29 Å². The third kappa shape index (κ3) is 12.3. The number of ether oxygens (including phenoxy) is 4. The van der Waals surface area contributed by atoms with E-state index in [-0.39, 0.29) is 18.0 Å². The lowest BCUT2D eigenvalue weighted by Crippen LogP contribution is -2.36. The first-order valence-corrected chi connectivity index (χ1v) is 12.3. The molecule has 1 aromatic rings. The van der Waals surface area contributed by atoms with Gasteiger partial charge in [-0.25, -0.2) is 0 Å². The standard InChI is InChI=1S/C26H40O6S/c1-8-22(32-24(29-7)15-12-18-30-25(28)26(4,5)6)23(31-20(3)27)17-16-19(2)33-21-13-10-9-11-14-21/h9-11,13-14,22-24H,2,8,12,15-18H2,1,3-7H3/t22-,23-,24?/m1/s1. The van der Waals surface area contributed by atoms with E-state index in [1.807, 2.05) is 58.0 Å². The largest absolute Gasteiger partial charge is 0.465 e. The van der Waals surface area contributed by atoms with Gasteiger partial charge in [0.25, 0.3) is 0 Å². The SMILES string of the molecule is C=C(CC[C@@H](OC(C)=O)[C@@H](CC)OC(CCCOC(=O)C(C)(C)C)OC)Sc1ccccc1. The molecule has 0 amide bonds. The molecule has 186 valence electrons. The van der Waals surface area contributed by atoms with Crippen molar-refractivity contribution in [2.75, 3.05) is 13.7 Å². The molecule has 3 atom stereocenters. The number of benzene rings is 1. The number of hydrogen-bond donors (Lipinski definition) is 0. The number of rotatable bonds is 15. The van der Waals surface area contributed by atoms with Crippen LogP contribution in [0.3, 0.4) is 0 Å². The van der Waals surface area contributed by atoms with Crippen LogP contribution in [-0.2, 0) is 28.5 Å². The molecule has 0 bridgehead atoms. The summed E-state index contributed by atoms with van der Waals surface area (Å²) in [5.74, 6) is -0.571. The minimum atomic E-state index is -0.523. The van der Waals surface area contributed by atoms with Gasteiger partial charge in [-0.1, -0.05) is 43.5 Å². The summed E-state index contributed by atoms with van der Waals surface area (Å²) in [7, 11) is 1.58. The molecule has 0 saturated carbocycles. The van der Waals surface area contributed by atoms with Crippen LogP contribution in [0, 0.1) is 5.41 Å². The zero-order valence-corrected chi connectivity index (χ0v) is 21.7. The summed E-state index contributed by atoms with van der Waals surface area (Å²) in [5.41, 5.74) is -0.523. The van der Waals surface area contributed by atoms with Crippen molar-refractivity contribution in [3.8, 4) is 0 Å². The van der Waals surface area contributed by atoms with E-state index in [9.17, 15) is 9.59 Å². The van der Waals surface area contributed by atoms with Crippen LogP contribution < -0.4 is 0 Å². The number of carbonyl (C=O) groups is 2. The second kappa shape index (κ2) is 15.1. The smallest absolute Gasteiger partial charge is 0.311 e. The number of allylic oxidation sites excluding steroid dienone is 1. The molecule has 33 heavy (non-hydrogen) atoms. The quantitative estimate of drug-likeness (QED) is 0.129. The molecule has 0 saturated heterocycles. The van der Waals surface area contributed by atoms with Crippen LogP contribution in [0.5, 0.6) is 0 Å². The highest BCUT2D eigenvalue weighted by Gasteiger charge is 2.27. The zero-order valence-electron chi connectivity index (χ0n) is 20.9. The summed E-state index contributed by atoms with van der Waals surface area (Å²) >= 11 is 1.62. The molecule has 0 heterocycles. The van der Waals surface area contributed by atoms with Gasteiger partial charge in [0.2, 0.25) is 0 Å².